The summed E-state index contributed by atoms with van der Waals surface area (Å²) in [6, 6.07) is 5.13. The second-order valence-corrected chi connectivity index (χ2v) is 2.92. The first-order chi connectivity index (χ1) is 7.48. The first-order valence-corrected chi connectivity index (χ1v) is 4.20. The zero-order valence-electron chi connectivity index (χ0n) is 9.36. The predicted octanol–water partition coefficient (Wildman–Crippen LogP) is 1.72. The standard InChI is InChI=1S/C11H10O3/c12-11(13)5-4-8-2-1-3-10-9(8)6-7-14-10/h1-5H,6-7H2,(H,12,13)/b5-4+/i7D2. The second kappa shape index (κ2) is 3.54. The minimum absolute atomic E-state index is 0.141. The molecular weight excluding hydrogens is 180 g/mol. The van der Waals surface area contributed by atoms with Crippen molar-refractivity contribution in [2.45, 2.75) is 6.42 Å². The first-order valence-electron chi connectivity index (χ1n) is 5.20. The van der Waals surface area contributed by atoms with Crippen molar-refractivity contribution in [3.63, 3.8) is 0 Å². The molecule has 0 radical (unpaired) electrons. The Bertz CT molecular complexity index is 466. The van der Waals surface area contributed by atoms with E-state index in [4.69, 9.17) is 12.6 Å². The molecule has 0 spiro atoms. The number of aliphatic carboxylic acids is 1. The zero-order chi connectivity index (χ0) is 11.8. The highest BCUT2D eigenvalue weighted by molar-refractivity contribution is 5.85. The zero-order valence-corrected chi connectivity index (χ0v) is 7.36. The monoisotopic (exact) mass is 192 g/mol. The minimum atomic E-state index is -1.70. The summed E-state index contributed by atoms with van der Waals surface area (Å²) in [7, 11) is 0. The van der Waals surface area contributed by atoms with E-state index in [1.165, 1.54) is 6.08 Å². The molecule has 1 aromatic rings. The Morgan fingerprint density at radius 1 is 1.64 bits per heavy atom. The van der Waals surface area contributed by atoms with Crippen LogP contribution in [-0.2, 0) is 11.2 Å². The molecule has 3 nitrogen and oxygen atoms in total. The van der Waals surface area contributed by atoms with Gasteiger partial charge in [-0.15, -0.1) is 0 Å². The molecule has 0 saturated carbocycles. The molecule has 0 unspecified atom stereocenters. The van der Waals surface area contributed by atoms with Gasteiger partial charge in [0, 0.05) is 18.1 Å². The van der Waals surface area contributed by atoms with Gasteiger partial charge < -0.3 is 9.84 Å². The van der Waals surface area contributed by atoms with Crippen LogP contribution in [0.5, 0.6) is 5.75 Å². The lowest BCUT2D eigenvalue weighted by molar-refractivity contribution is -0.131. The summed E-state index contributed by atoms with van der Waals surface area (Å²) in [6.07, 6.45) is 2.62. The van der Waals surface area contributed by atoms with E-state index in [1.54, 1.807) is 18.2 Å². The van der Waals surface area contributed by atoms with Crippen molar-refractivity contribution in [2.75, 3.05) is 6.56 Å². The lowest BCUT2D eigenvalue weighted by atomic mass is 10.0. The second-order valence-electron chi connectivity index (χ2n) is 2.92. The topological polar surface area (TPSA) is 46.5 Å². The fraction of sp³-hybridized carbons (Fsp3) is 0.182. The molecule has 3 heteroatoms. The molecule has 14 heavy (non-hydrogen) atoms. The van der Waals surface area contributed by atoms with Gasteiger partial charge in [0.15, 0.2) is 0 Å². The Morgan fingerprint density at radius 2 is 2.50 bits per heavy atom. The Morgan fingerprint density at radius 3 is 3.29 bits per heavy atom. The van der Waals surface area contributed by atoms with Gasteiger partial charge in [-0.2, -0.15) is 0 Å². The maximum Gasteiger partial charge on any atom is 0.328 e. The van der Waals surface area contributed by atoms with Gasteiger partial charge in [-0.25, -0.2) is 4.79 Å². The van der Waals surface area contributed by atoms with Gasteiger partial charge in [0.05, 0.1) is 9.30 Å². The summed E-state index contributed by atoms with van der Waals surface area (Å²) < 4.78 is 20.1. The largest absolute Gasteiger partial charge is 0.493 e. The summed E-state index contributed by atoms with van der Waals surface area (Å²) in [5.74, 6) is -0.544. The normalized spacial score (nSPS) is 19.7. The van der Waals surface area contributed by atoms with Crippen molar-refractivity contribution in [3.05, 3.63) is 35.4 Å². The van der Waals surface area contributed by atoms with Crippen LogP contribution in [0.1, 0.15) is 13.9 Å². The number of carbonyl (C=O) groups is 1. The van der Waals surface area contributed by atoms with Crippen LogP contribution in [0.4, 0.5) is 0 Å². The predicted molar refractivity (Wildman–Crippen MR) is 52.3 cm³/mol. The Hall–Kier alpha value is -1.77. The van der Waals surface area contributed by atoms with Crippen LogP contribution in [0, 0.1) is 0 Å². The summed E-state index contributed by atoms with van der Waals surface area (Å²) in [4.78, 5) is 10.4. The Kier molecular flexibility index (Phi) is 1.68. The summed E-state index contributed by atoms with van der Waals surface area (Å²) in [6.45, 7) is -1.70. The van der Waals surface area contributed by atoms with Gasteiger partial charge in [0.2, 0.25) is 0 Å². The molecule has 0 atom stereocenters. The van der Waals surface area contributed by atoms with Crippen LogP contribution in [0.15, 0.2) is 24.3 Å². The van der Waals surface area contributed by atoms with Crippen molar-refractivity contribution < 1.29 is 17.4 Å². The van der Waals surface area contributed by atoms with E-state index >= 15 is 0 Å². The number of ether oxygens (including phenoxy) is 1. The number of carboxylic acid groups (broad SMARTS) is 1. The highest BCUT2D eigenvalue weighted by Gasteiger charge is 2.13. The first kappa shape index (κ1) is 6.65. The third kappa shape index (κ3) is 1.62. The molecule has 0 bridgehead atoms. The van der Waals surface area contributed by atoms with Gasteiger partial charge in [0.1, 0.15) is 5.75 Å². The molecule has 1 aliphatic heterocycles. The van der Waals surface area contributed by atoms with Crippen molar-refractivity contribution >= 4 is 12.0 Å². The van der Waals surface area contributed by atoms with Gasteiger partial charge >= 0.3 is 5.97 Å². The van der Waals surface area contributed by atoms with Crippen molar-refractivity contribution in [1.82, 2.24) is 0 Å². The summed E-state index contributed by atoms with van der Waals surface area (Å²) >= 11 is 0. The average molecular weight is 192 g/mol. The number of fused-ring (bicyclic) bond motifs is 1. The quantitative estimate of drug-likeness (QED) is 0.726. The molecule has 1 heterocycles. The summed E-state index contributed by atoms with van der Waals surface area (Å²) in [5, 5.41) is 8.53. The molecule has 2 rings (SSSR count). The fourth-order valence-corrected chi connectivity index (χ4v) is 1.37. The van der Waals surface area contributed by atoms with Crippen LogP contribution in [0.3, 0.4) is 0 Å². The number of hydrogen-bond donors (Lipinski definition) is 1. The summed E-state index contributed by atoms with van der Waals surface area (Å²) in [5.41, 5.74) is 1.39. The molecule has 0 fully saturated rings. The Labute approximate surface area is 84.4 Å². The van der Waals surface area contributed by atoms with Gasteiger partial charge in [-0.05, 0) is 17.7 Å². The van der Waals surface area contributed by atoms with E-state index < -0.39 is 12.5 Å². The van der Waals surface area contributed by atoms with E-state index in [2.05, 4.69) is 0 Å². The molecule has 72 valence electrons. The maximum atomic E-state index is 10.4. The van der Waals surface area contributed by atoms with E-state index in [0.29, 0.717) is 16.9 Å². The number of rotatable bonds is 2. The van der Waals surface area contributed by atoms with Crippen LogP contribution >= 0.6 is 0 Å². The lowest BCUT2D eigenvalue weighted by Crippen LogP contribution is -1.88. The van der Waals surface area contributed by atoms with Crippen LogP contribution in [0.25, 0.3) is 6.08 Å². The molecule has 1 N–H and O–H groups in total. The Balaban J connectivity index is 2.37. The number of benzene rings is 1. The molecule has 1 aromatic carbocycles. The van der Waals surface area contributed by atoms with E-state index in [-0.39, 0.29) is 6.42 Å². The smallest absolute Gasteiger partial charge is 0.328 e. The van der Waals surface area contributed by atoms with Gasteiger partial charge in [0.25, 0.3) is 0 Å². The van der Waals surface area contributed by atoms with E-state index in [1.807, 2.05) is 0 Å². The van der Waals surface area contributed by atoms with Gasteiger partial charge in [-0.3, -0.25) is 0 Å². The van der Waals surface area contributed by atoms with Crippen molar-refractivity contribution in [1.29, 1.82) is 0 Å². The van der Waals surface area contributed by atoms with Crippen LogP contribution < -0.4 is 4.74 Å². The van der Waals surface area contributed by atoms with Crippen molar-refractivity contribution in [3.8, 4) is 5.75 Å². The van der Waals surface area contributed by atoms with E-state index in [0.717, 1.165) is 6.08 Å². The minimum Gasteiger partial charge on any atom is -0.493 e. The van der Waals surface area contributed by atoms with Crippen LogP contribution in [0.2, 0.25) is 0 Å². The highest BCUT2D eigenvalue weighted by Crippen LogP contribution is 2.28. The van der Waals surface area contributed by atoms with Crippen LogP contribution in [-0.4, -0.2) is 17.6 Å². The van der Waals surface area contributed by atoms with Crippen molar-refractivity contribution in [2.24, 2.45) is 0 Å². The molecule has 1 aliphatic rings. The molecular formula is C11H10O3. The van der Waals surface area contributed by atoms with E-state index in [9.17, 15) is 4.79 Å². The number of hydrogen-bond acceptors (Lipinski definition) is 2. The molecule has 0 aromatic heterocycles. The third-order valence-electron chi connectivity index (χ3n) is 2.01. The molecule has 0 aliphatic carbocycles. The van der Waals surface area contributed by atoms with Gasteiger partial charge in [-0.1, -0.05) is 12.1 Å². The highest BCUT2D eigenvalue weighted by atomic mass is 16.5. The maximum absolute atomic E-state index is 10.4. The lowest BCUT2D eigenvalue weighted by Gasteiger charge is -2.00. The molecule has 0 saturated heterocycles. The fourth-order valence-electron chi connectivity index (χ4n) is 1.37. The third-order valence-corrected chi connectivity index (χ3v) is 2.01. The molecule has 0 amide bonds. The SMILES string of the molecule is [2H]C1([2H])Cc2c(/C=C/C(=O)O)cccc2O1. The number of carboxylic acids is 1. The average Bonchev–Trinajstić information content (AvgIpc) is 2.48.